The quantitative estimate of drug-likeness (QED) is 0.236. The van der Waals surface area contributed by atoms with Crippen LogP contribution in [0, 0.1) is 0 Å². The summed E-state index contributed by atoms with van der Waals surface area (Å²) in [6.45, 7) is 2.45. The predicted molar refractivity (Wildman–Crippen MR) is 173 cm³/mol. The monoisotopic (exact) mass is 686 g/mol. The molecule has 10 nitrogen and oxygen atoms in total. The molecule has 2 amide bonds. The molecule has 0 unspecified atom stereocenters. The molecule has 1 aliphatic heterocycles. The van der Waals surface area contributed by atoms with Gasteiger partial charge in [0.15, 0.2) is 0 Å². The normalized spacial score (nSPS) is 15.0. The fraction of sp³-hybridized carbons (Fsp3) is 0.242. The van der Waals surface area contributed by atoms with Gasteiger partial charge in [-0.2, -0.15) is 0 Å². The number of halogens is 2. The minimum absolute atomic E-state index is 0.0640. The summed E-state index contributed by atoms with van der Waals surface area (Å²) in [5.74, 6) is 0.0138. The smallest absolute Gasteiger partial charge is 0.333 e. The van der Waals surface area contributed by atoms with E-state index < -0.39 is 11.9 Å². The van der Waals surface area contributed by atoms with Crippen LogP contribution < -0.4 is 15.7 Å². The Kier molecular flexibility index (Phi) is 7.66. The maximum absolute atomic E-state index is 14.2. The van der Waals surface area contributed by atoms with Gasteiger partial charge in [0.2, 0.25) is 0 Å². The lowest BCUT2D eigenvalue weighted by Crippen LogP contribution is -2.41. The summed E-state index contributed by atoms with van der Waals surface area (Å²) in [6, 6.07) is 17.4. The first-order valence-corrected chi connectivity index (χ1v) is 15.8. The van der Waals surface area contributed by atoms with Crippen molar-refractivity contribution in [3.05, 3.63) is 116 Å². The molecule has 1 saturated carbocycles. The molecule has 3 aromatic carbocycles. The molecule has 2 aromatic heterocycles. The number of fused-ring (bicyclic) bond motifs is 2. The second kappa shape index (κ2) is 11.8. The van der Waals surface area contributed by atoms with E-state index in [1.165, 1.54) is 4.57 Å². The molecule has 0 radical (unpaired) electrons. The number of hydrogen-bond acceptors (Lipinski definition) is 6. The lowest BCUT2D eigenvalue weighted by molar-refractivity contribution is 0.0706. The van der Waals surface area contributed by atoms with E-state index in [4.69, 9.17) is 16.3 Å². The lowest BCUT2D eigenvalue weighted by Gasteiger charge is -2.28. The third-order valence-electron chi connectivity index (χ3n) is 8.11. The first-order chi connectivity index (χ1) is 21.8. The van der Waals surface area contributed by atoms with Crippen molar-refractivity contribution in [2.24, 2.45) is 0 Å². The van der Waals surface area contributed by atoms with Gasteiger partial charge in [-0.1, -0.05) is 23.7 Å². The number of amides is 2. The molecular formula is C33H28BrClN6O4. The standard InChI is InChI=1S/C33H28BrClN6O4/c1-19(24-3-2-4-27-29(24)37-14-13-36-27)38-31(42)30-28-18-39(32(43)20-5-12-25(34)26(35)17-20)15-16-40(28)33(44)41(30)21-6-8-22(9-7-21)45-23-10-11-23/h2-9,12-14,17,19,23H,10-11,15-16,18H2,1H3,(H,38,42)/t19-/m0/s1. The van der Waals surface area contributed by atoms with E-state index in [9.17, 15) is 14.4 Å². The summed E-state index contributed by atoms with van der Waals surface area (Å²) in [6.07, 6.45) is 5.52. The van der Waals surface area contributed by atoms with E-state index in [1.807, 2.05) is 37.3 Å². The molecule has 1 aliphatic carbocycles. The molecule has 1 N–H and O–H groups in total. The first-order valence-electron chi connectivity index (χ1n) is 14.6. The van der Waals surface area contributed by atoms with Crippen molar-refractivity contribution in [2.45, 2.75) is 45.0 Å². The number of ether oxygens (including phenoxy) is 1. The van der Waals surface area contributed by atoms with Crippen molar-refractivity contribution in [2.75, 3.05) is 6.54 Å². The average molecular weight is 688 g/mol. The van der Waals surface area contributed by atoms with Crippen LogP contribution in [0.5, 0.6) is 5.75 Å². The molecule has 5 aromatic rings. The van der Waals surface area contributed by atoms with Crippen molar-refractivity contribution in [1.29, 1.82) is 0 Å². The summed E-state index contributed by atoms with van der Waals surface area (Å²) in [5.41, 5.74) is 3.39. The van der Waals surface area contributed by atoms with Gasteiger partial charge >= 0.3 is 5.69 Å². The number of nitrogens with one attached hydrogen (secondary N) is 1. The van der Waals surface area contributed by atoms with E-state index >= 15 is 0 Å². The van der Waals surface area contributed by atoms with Crippen LogP contribution in [-0.4, -0.2) is 48.5 Å². The summed E-state index contributed by atoms with van der Waals surface area (Å²) in [7, 11) is 0. The second-order valence-electron chi connectivity index (χ2n) is 11.2. The van der Waals surface area contributed by atoms with E-state index in [-0.39, 0.29) is 36.5 Å². The Balaban J connectivity index is 1.27. The molecule has 0 saturated heterocycles. The highest BCUT2D eigenvalue weighted by atomic mass is 79.9. The van der Waals surface area contributed by atoms with Crippen molar-refractivity contribution in [3.8, 4) is 11.4 Å². The highest BCUT2D eigenvalue weighted by Crippen LogP contribution is 2.29. The zero-order valence-electron chi connectivity index (χ0n) is 24.2. The molecule has 45 heavy (non-hydrogen) atoms. The van der Waals surface area contributed by atoms with Gasteiger partial charge in [0.05, 0.1) is 46.1 Å². The summed E-state index contributed by atoms with van der Waals surface area (Å²) in [4.78, 5) is 52.2. The Hall–Kier alpha value is -4.48. The third kappa shape index (κ3) is 5.62. The highest BCUT2D eigenvalue weighted by molar-refractivity contribution is 9.10. The number of carbonyl (C=O) groups excluding carboxylic acids is 2. The van der Waals surface area contributed by atoms with E-state index in [2.05, 4.69) is 31.2 Å². The van der Waals surface area contributed by atoms with Crippen molar-refractivity contribution >= 4 is 50.4 Å². The molecular weight excluding hydrogens is 660 g/mol. The van der Waals surface area contributed by atoms with E-state index in [0.717, 1.165) is 18.4 Å². The number of para-hydroxylation sites is 1. The van der Waals surface area contributed by atoms with E-state index in [0.29, 0.717) is 49.8 Å². The predicted octanol–water partition coefficient (Wildman–Crippen LogP) is 5.69. The van der Waals surface area contributed by atoms with Crippen LogP contribution in [0.25, 0.3) is 16.7 Å². The number of imidazole rings is 1. The molecule has 7 rings (SSSR count). The lowest BCUT2D eigenvalue weighted by atomic mass is 10.1. The van der Waals surface area contributed by atoms with Crippen molar-refractivity contribution < 1.29 is 14.3 Å². The Morgan fingerprint density at radius 3 is 2.58 bits per heavy atom. The van der Waals surface area contributed by atoms with Gasteiger partial charge in [0.1, 0.15) is 11.4 Å². The fourth-order valence-corrected chi connectivity index (χ4v) is 6.10. The molecule has 12 heteroatoms. The van der Waals surface area contributed by atoms with Crippen LogP contribution in [0.1, 0.15) is 57.9 Å². The van der Waals surface area contributed by atoms with Gasteiger partial charge < -0.3 is 15.0 Å². The van der Waals surface area contributed by atoms with Crippen molar-refractivity contribution in [1.82, 2.24) is 29.3 Å². The van der Waals surface area contributed by atoms with Crippen LogP contribution in [0.2, 0.25) is 5.02 Å². The molecule has 0 spiro atoms. The topological polar surface area (TPSA) is 111 Å². The minimum atomic E-state index is -0.461. The first kappa shape index (κ1) is 29.2. The van der Waals surface area contributed by atoms with Gasteiger partial charge in [-0.05, 0) is 84.2 Å². The summed E-state index contributed by atoms with van der Waals surface area (Å²) >= 11 is 9.64. The van der Waals surface area contributed by atoms with Gasteiger partial charge in [-0.25, -0.2) is 4.79 Å². The van der Waals surface area contributed by atoms with Crippen molar-refractivity contribution in [3.63, 3.8) is 0 Å². The SMILES string of the molecule is C[C@H](NC(=O)c1c2n(c(=O)n1-c1ccc(OC3CC3)cc1)CCN(C(=O)c1ccc(Br)c(Cl)c1)C2)c1cccc2nccnc12. The molecule has 3 heterocycles. The van der Waals surface area contributed by atoms with Crippen LogP contribution in [0.4, 0.5) is 0 Å². The Bertz CT molecular complexity index is 2020. The zero-order chi connectivity index (χ0) is 31.2. The van der Waals surface area contributed by atoms with Crippen LogP contribution in [-0.2, 0) is 13.1 Å². The number of carbonyl (C=O) groups is 2. The largest absolute Gasteiger partial charge is 0.490 e. The second-order valence-corrected chi connectivity index (χ2v) is 12.5. The maximum atomic E-state index is 14.2. The number of hydrogen-bond donors (Lipinski definition) is 1. The van der Waals surface area contributed by atoms with Gasteiger partial charge in [0.25, 0.3) is 11.8 Å². The highest BCUT2D eigenvalue weighted by Gasteiger charge is 2.33. The zero-order valence-corrected chi connectivity index (χ0v) is 26.6. The summed E-state index contributed by atoms with van der Waals surface area (Å²) < 4.78 is 9.59. The average Bonchev–Trinajstić information content (AvgIpc) is 3.83. The van der Waals surface area contributed by atoms with Gasteiger partial charge in [0, 0.05) is 41.1 Å². The van der Waals surface area contributed by atoms with Crippen LogP contribution in [0.3, 0.4) is 0 Å². The minimum Gasteiger partial charge on any atom is -0.490 e. The number of benzene rings is 3. The maximum Gasteiger partial charge on any atom is 0.333 e. The molecule has 2 aliphatic rings. The van der Waals surface area contributed by atoms with Gasteiger partial charge in [-0.15, -0.1) is 0 Å². The Morgan fingerprint density at radius 1 is 1.04 bits per heavy atom. The molecule has 1 fully saturated rings. The number of nitrogens with zero attached hydrogens (tertiary/aromatic N) is 5. The molecule has 228 valence electrons. The Labute approximate surface area is 271 Å². The summed E-state index contributed by atoms with van der Waals surface area (Å²) in [5, 5.41) is 3.50. The fourth-order valence-electron chi connectivity index (χ4n) is 5.68. The van der Waals surface area contributed by atoms with Crippen LogP contribution in [0.15, 0.2) is 82.3 Å². The number of aromatic nitrogens is 4. The molecule has 0 bridgehead atoms. The van der Waals surface area contributed by atoms with E-state index in [1.54, 1.807) is 52.2 Å². The number of rotatable bonds is 7. The third-order valence-corrected chi connectivity index (χ3v) is 9.35. The van der Waals surface area contributed by atoms with Gasteiger partial charge in [-0.3, -0.25) is 28.7 Å². The van der Waals surface area contributed by atoms with Crippen LogP contribution >= 0.6 is 27.5 Å². The Morgan fingerprint density at radius 2 is 1.82 bits per heavy atom. The molecule has 1 atom stereocenters.